The summed E-state index contributed by atoms with van der Waals surface area (Å²) < 4.78 is 45.2. The monoisotopic (exact) mass is 395 g/mol. The van der Waals surface area contributed by atoms with E-state index in [4.69, 9.17) is 14.2 Å². The minimum atomic E-state index is -3.66. The number of ether oxygens (including phenoxy) is 3. The van der Waals surface area contributed by atoms with Gasteiger partial charge in [-0.2, -0.15) is 0 Å². The molecule has 4 bridgehead atoms. The van der Waals surface area contributed by atoms with E-state index in [-0.39, 0.29) is 10.5 Å². The van der Waals surface area contributed by atoms with E-state index in [9.17, 15) is 8.42 Å². The molecule has 4 saturated carbocycles. The van der Waals surface area contributed by atoms with Gasteiger partial charge >= 0.3 is 0 Å². The van der Waals surface area contributed by atoms with Crippen molar-refractivity contribution in [3.8, 4) is 11.5 Å². The summed E-state index contributed by atoms with van der Waals surface area (Å²) in [6.07, 6.45) is 6.01. The highest BCUT2D eigenvalue weighted by molar-refractivity contribution is 7.89. The number of benzene rings is 1. The first-order chi connectivity index (χ1) is 12.9. The SMILES string of the molecule is COc1ccc(S(=O)(=O)NCC2(OC)C3CC4CC(C3)CC2C4)cc1OC. The summed E-state index contributed by atoms with van der Waals surface area (Å²) >= 11 is 0. The minimum absolute atomic E-state index is 0.176. The van der Waals surface area contributed by atoms with E-state index in [0.29, 0.717) is 29.9 Å². The highest BCUT2D eigenvalue weighted by Gasteiger charge is 2.57. The number of methoxy groups -OCH3 is 3. The summed E-state index contributed by atoms with van der Waals surface area (Å²) in [4.78, 5) is 0.176. The maximum absolute atomic E-state index is 12.9. The molecule has 0 radical (unpaired) electrons. The molecule has 0 amide bonds. The first-order valence-electron chi connectivity index (χ1n) is 9.68. The summed E-state index contributed by atoms with van der Waals surface area (Å²) in [6, 6.07) is 4.65. The molecule has 4 aliphatic rings. The molecule has 27 heavy (non-hydrogen) atoms. The lowest BCUT2D eigenvalue weighted by molar-refractivity contribution is -0.185. The molecule has 1 aromatic carbocycles. The third-order valence-corrected chi connectivity index (χ3v) is 8.50. The summed E-state index contributed by atoms with van der Waals surface area (Å²) in [5.41, 5.74) is -0.378. The Morgan fingerprint density at radius 2 is 1.56 bits per heavy atom. The minimum Gasteiger partial charge on any atom is -0.493 e. The van der Waals surface area contributed by atoms with Gasteiger partial charge in [0.15, 0.2) is 11.5 Å². The van der Waals surface area contributed by atoms with Crippen LogP contribution in [0, 0.1) is 23.7 Å². The normalized spacial score (nSPS) is 34.6. The Bertz CT molecular complexity index is 779. The zero-order valence-corrected chi connectivity index (χ0v) is 17.1. The fourth-order valence-corrected chi connectivity index (χ4v) is 7.04. The van der Waals surface area contributed by atoms with Gasteiger partial charge in [0.25, 0.3) is 0 Å². The second-order valence-electron chi connectivity index (χ2n) is 8.30. The van der Waals surface area contributed by atoms with E-state index in [2.05, 4.69) is 4.72 Å². The maximum Gasteiger partial charge on any atom is 0.240 e. The van der Waals surface area contributed by atoms with Crippen molar-refractivity contribution in [3.63, 3.8) is 0 Å². The number of rotatable bonds is 7. The molecule has 0 heterocycles. The van der Waals surface area contributed by atoms with Gasteiger partial charge in [0.1, 0.15) is 0 Å². The van der Waals surface area contributed by atoms with E-state index in [0.717, 1.165) is 11.8 Å². The molecule has 0 atom stereocenters. The average Bonchev–Trinajstić information content (AvgIpc) is 2.67. The first-order valence-corrected chi connectivity index (χ1v) is 11.2. The Kier molecular flexibility index (Phi) is 4.89. The number of nitrogens with one attached hydrogen (secondary N) is 1. The predicted molar refractivity (Wildman–Crippen MR) is 102 cm³/mol. The summed E-state index contributed by atoms with van der Waals surface area (Å²) in [7, 11) is 1.10. The van der Waals surface area contributed by atoms with Crippen molar-refractivity contribution in [2.45, 2.75) is 42.6 Å². The van der Waals surface area contributed by atoms with Gasteiger partial charge in [-0.3, -0.25) is 0 Å². The zero-order chi connectivity index (χ0) is 19.2. The largest absolute Gasteiger partial charge is 0.493 e. The van der Waals surface area contributed by atoms with Gasteiger partial charge in [-0.1, -0.05) is 0 Å². The van der Waals surface area contributed by atoms with Crippen LogP contribution in [0.2, 0.25) is 0 Å². The molecular formula is C20H29NO5S. The van der Waals surface area contributed by atoms with Gasteiger partial charge in [-0.25, -0.2) is 13.1 Å². The predicted octanol–water partition coefficient (Wildman–Crippen LogP) is 2.82. The van der Waals surface area contributed by atoms with Crippen LogP contribution in [0.4, 0.5) is 0 Å². The van der Waals surface area contributed by atoms with Gasteiger partial charge in [-0.15, -0.1) is 0 Å². The van der Waals surface area contributed by atoms with Crippen LogP contribution < -0.4 is 14.2 Å². The fraction of sp³-hybridized carbons (Fsp3) is 0.700. The number of sulfonamides is 1. The lowest BCUT2D eigenvalue weighted by Gasteiger charge is -2.60. The number of hydrogen-bond acceptors (Lipinski definition) is 5. The van der Waals surface area contributed by atoms with Crippen LogP contribution in [0.25, 0.3) is 0 Å². The van der Waals surface area contributed by atoms with Crippen molar-refractivity contribution in [2.24, 2.45) is 23.7 Å². The van der Waals surface area contributed by atoms with E-state index in [1.165, 1.54) is 52.4 Å². The number of hydrogen-bond donors (Lipinski definition) is 1. The van der Waals surface area contributed by atoms with Gasteiger partial charge in [0.2, 0.25) is 10.0 Å². The maximum atomic E-state index is 12.9. The molecule has 5 rings (SSSR count). The molecule has 6 nitrogen and oxygen atoms in total. The van der Waals surface area contributed by atoms with Gasteiger partial charge < -0.3 is 14.2 Å². The topological polar surface area (TPSA) is 73.9 Å². The molecule has 4 fully saturated rings. The Balaban J connectivity index is 1.55. The smallest absolute Gasteiger partial charge is 0.240 e. The van der Waals surface area contributed by atoms with Crippen LogP contribution in [0.1, 0.15) is 32.1 Å². The molecule has 0 spiro atoms. The van der Waals surface area contributed by atoms with Gasteiger partial charge in [0.05, 0.1) is 24.7 Å². The highest BCUT2D eigenvalue weighted by Crippen LogP contribution is 2.59. The Labute approximate surface area is 161 Å². The van der Waals surface area contributed by atoms with Crippen molar-refractivity contribution in [1.82, 2.24) is 4.72 Å². The van der Waals surface area contributed by atoms with Gasteiger partial charge in [0, 0.05) is 19.7 Å². The van der Waals surface area contributed by atoms with Crippen LogP contribution in [-0.2, 0) is 14.8 Å². The zero-order valence-electron chi connectivity index (χ0n) is 16.2. The van der Waals surface area contributed by atoms with Crippen molar-refractivity contribution < 1.29 is 22.6 Å². The second kappa shape index (κ2) is 6.94. The van der Waals surface area contributed by atoms with Crippen LogP contribution in [0.15, 0.2) is 23.1 Å². The molecule has 150 valence electrons. The van der Waals surface area contributed by atoms with E-state index in [1.54, 1.807) is 19.2 Å². The second-order valence-corrected chi connectivity index (χ2v) is 10.1. The van der Waals surface area contributed by atoms with Crippen molar-refractivity contribution in [2.75, 3.05) is 27.9 Å². The van der Waals surface area contributed by atoms with Crippen LogP contribution in [0.5, 0.6) is 11.5 Å². The lowest BCUT2D eigenvalue weighted by Crippen LogP contribution is -2.63. The van der Waals surface area contributed by atoms with Gasteiger partial charge in [-0.05, 0) is 67.9 Å². The molecule has 0 saturated heterocycles. The molecule has 0 aromatic heterocycles. The van der Waals surface area contributed by atoms with E-state index >= 15 is 0 Å². The standard InChI is InChI=1S/C20H29NO5S/c1-24-18-5-4-17(11-19(18)25-2)27(22,23)21-12-20(26-3)15-7-13-6-14(9-15)10-16(20)8-13/h4-5,11,13-16,21H,6-10,12H2,1-3H3. The van der Waals surface area contributed by atoms with Crippen molar-refractivity contribution >= 4 is 10.0 Å². The summed E-state index contributed by atoms with van der Waals surface area (Å²) in [5, 5.41) is 0. The quantitative estimate of drug-likeness (QED) is 0.768. The Morgan fingerprint density at radius 1 is 0.963 bits per heavy atom. The van der Waals surface area contributed by atoms with Crippen molar-refractivity contribution in [3.05, 3.63) is 18.2 Å². The molecule has 1 N–H and O–H groups in total. The fourth-order valence-electron chi connectivity index (χ4n) is 5.95. The molecule has 1 aromatic rings. The Morgan fingerprint density at radius 3 is 2.07 bits per heavy atom. The Hall–Kier alpha value is -1.31. The molecule has 4 aliphatic carbocycles. The van der Waals surface area contributed by atoms with Crippen LogP contribution >= 0.6 is 0 Å². The van der Waals surface area contributed by atoms with Crippen LogP contribution in [-0.4, -0.2) is 41.9 Å². The summed E-state index contributed by atoms with van der Waals surface area (Å²) in [6.45, 7) is 0.328. The van der Waals surface area contributed by atoms with E-state index < -0.39 is 10.0 Å². The first kappa shape index (κ1) is 19.0. The third-order valence-electron chi connectivity index (χ3n) is 7.10. The lowest BCUT2D eigenvalue weighted by atomic mass is 9.50. The molecule has 7 heteroatoms. The third kappa shape index (κ3) is 3.13. The molecule has 0 aliphatic heterocycles. The highest BCUT2D eigenvalue weighted by atomic mass is 32.2. The van der Waals surface area contributed by atoms with Crippen molar-refractivity contribution in [1.29, 1.82) is 0 Å². The molecular weight excluding hydrogens is 366 g/mol. The van der Waals surface area contributed by atoms with Crippen LogP contribution in [0.3, 0.4) is 0 Å². The molecule has 0 unspecified atom stereocenters. The van der Waals surface area contributed by atoms with E-state index in [1.807, 2.05) is 0 Å². The average molecular weight is 396 g/mol. The summed E-state index contributed by atoms with van der Waals surface area (Å²) in [5.74, 6) is 3.41.